The van der Waals surface area contributed by atoms with Crippen LogP contribution in [0.3, 0.4) is 0 Å². The number of nitrogens with one attached hydrogen (secondary N) is 2. The molecule has 1 unspecified atom stereocenters. The molecule has 2 aliphatic heterocycles. The van der Waals surface area contributed by atoms with Gasteiger partial charge in [-0.15, -0.1) is 0 Å². The number of guanidine groups is 1. The van der Waals surface area contributed by atoms with Crippen LogP contribution in [0.5, 0.6) is 0 Å². The summed E-state index contributed by atoms with van der Waals surface area (Å²) in [5, 5.41) is 7.19. The number of hydrogen-bond donors (Lipinski definition) is 2. The molecule has 6 nitrogen and oxygen atoms in total. The molecule has 0 aromatic carbocycles. The zero-order chi connectivity index (χ0) is 19.6. The third-order valence-corrected chi connectivity index (χ3v) is 6.77. The number of likely N-dealkylation sites (tertiary alicyclic amines) is 2. The Morgan fingerprint density at radius 1 is 1.00 bits per heavy atom. The van der Waals surface area contributed by atoms with Crippen LogP contribution >= 0.6 is 0 Å². The van der Waals surface area contributed by atoms with Crippen molar-refractivity contribution in [3.63, 3.8) is 0 Å². The van der Waals surface area contributed by atoms with Crippen LogP contribution in [0.25, 0.3) is 0 Å². The van der Waals surface area contributed by atoms with Gasteiger partial charge in [0.05, 0.1) is 6.61 Å². The number of aliphatic imine (C=N–C) groups is 1. The summed E-state index contributed by atoms with van der Waals surface area (Å²) in [6.07, 6.45) is 9.54. The lowest BCUT2D eigenvalue weighted by molar-refractivity contribution is 0.121. The quantitative estimate of drug-likeness (QED) is 0.464. The van der Waals surface area contributed by atoms with Crippen molar-refractivity contribution in [1.82, 2.24) is 20.4 Å². The highest BCUT2D eigenvalue weighted by molar-refractivity contribution is 5.80. The minimum atomic E-state index is 0.551. The molecule has 3 rings (SSSR count). The summed E-state index contributed by atoms with van der Waals surface area (Å²) in [5.74, 6) is 2.70. The first-order valence-corrected chi connectivity index (χ1v) is 11.7. The third kappa shape index (κ3) is 7.20. The van der Waals surface area contributed by atoms with E-state index in [0.717, 1.165) is 44.0 Å². The van der Waals surface area contributed by atoms with Crippen molar-refractivity contribution in [2.75, 3.05) is 66.1 Å². The van der Waals surface area contributed by atoms with Gasteiger partial charge in [0, 0.05) is 52.4 Å². The largest absolute Gasteiger partial charge is 0.383 e. The van der Waals surface area contributed by atoms with E-state index in [1.807, 2.05) is 0 Å². The van der Waals surface area contributed by atoms with E-state index in [1.165, 1.54) is 77.7 Å². The molecular formula is C22H43N5O. The van der Waals surface area contributed by atoms with Gasteiger partial charge in [-0.1, -0.05) is 12.8 Å². The highest BCUT2D eigenvalue weighted by Gasteiger charge is 2.26. The maximum atomic E-state index is 5.20. The molecule has 0 spiro atoms. The third-order valence-electron chi connectivity index (χ3n) is 6.77. The average molecular weight is 394 g/mol. The maximum absolute atomic E-state index is 5.20. The minimum Gasteiger partial charge on any atom is -0.383 e. The van der Waals surface area contributed by atoms with E-state index in [2.05, 4.69) is 27.4 Å². The molecule has 1 aliphatic carbocycles. The molecule has 3 fully saturated rings. The van der Waals surface area contributed by atoms with Crippen molar-refractivity contribution in [2.24, 2.45) is 16.8 Å². The van der Waals surface area contributed by atoms with Crippen LogP contribution in [0.1, 0.15) is 51.9 Å². The molecule has 162 valence electrons. The molecule has 0 radical (unpaired) electrons. The fourth-order valence-electron chi connectivity index (χ4n) is 5.02. The van der Waals surface area contributed by atoms with Gasteiger partial charge in [-0.25, -0.2) is 0 Å². The monoisotopic (exact) mass is 393 g/mol. The molecular weight excluding hydrogens is 350 g/mol. The normalized spacial score (nSPS) is 26.2. The average Bonchev–Trinajstić information content (AvgIpc) is 3.38. The topological polar surface area (TPSA) is 52.1 Å². The first-order valence-electron chi connectivity index (χ1n) is 11.7. The van der Waals surface area contributed by atoms with E-state index >= 15 is 0 Å². The van der Waals surface area contributed by atoms with Crippen LogP contribution in [0.4, 0.5) is 0 Å². The zero-order valence-electron chi connectivity index (χ0n) is 18.3. The smallest absolute Gasteiger partial charge is 0.191 e. The highest BCUT2D eigenvalue weighted by atomic mass is 16.5. The summed E-state index contributed by atoms with van der Waals surface area (Å²) in [4.78, 5) is 10.1. The van der Waals surface area contributed by atoms with Crippen LogP contribution in [-0.2, 0) is 4.74 Å². The first-order chi connectivity index (χ1) is 13.8. The van der Waals surface area contributed by atoms with Crippen LogP contribution in [0.2, 0.25) is 0 Å². The second-order valence-corrected chi connectivity index (χ2v) is 9.04. The number of nitrogens with zero attached hydrogens (tertiary/aromatic N) is 3. The van der Waals surface area contributed by atoms with E-state index in [9.17, 15) is 0 Å². The highest BCUT2D eigenvalue weighted by Crippen LogP contribution is 2.26. The van der Waals surface area contributed by atoms with E-state index in [0.29, 0.717) is 6.04 Å². The molecule has 2 N–H and O–H groups in total. The predicted molar refractivity (Wildman–Crippen MR) is 117 cm³/mol. The summed E-state index contributed by atoms with van der Waals surface area (Å²) < 4.78 is 5.20. The van der Waals surface area contributed by atoms with Gasteiger partial charge < -0.3 is 25.2 Å². The fourth-order valence-corrected chi connectivity index (χ4v) is 5.02. The van der Waals surface area contributed by atoms with E-state index < -0.39 is 0 Å². The fraction of sp³-hybridized carbons (Fsp3) is 0.955. The van der Waals surface area contributed by atoms with Crippen LogP contribution in [-0.4, -0.2) is 87.9 Å². The van der Waals surface area contributed by atoms with Crippen molar-refractivity contribution < 1.29 is 4.74 Å². The van der Waals surface area contributed by atoms with Gasteiger partial charge in [-0.2, -0.15) is 0 Å². The summed E-state index contributed by atoms with van der Waals surface area (Å²) >= 11 is 0. The van der Waals surface area contributed by atoms with Gasteiger partial charge in [0.25, 0.3) is 0 Å². The standard InChI is InChI=1S/C22H43N5O/c1-3-23-22(24-16-19-8-11-26(12-9-19)14-15-28-2)25-21-10-13-27(18-21)17-20-6-4-5-7-20/h19-21H,3-18H2,1-2H3,(H2,23,24,25). The Morgan fingerprint density at radius 3 is 2.46 bits per heavy atom. The Labute approximate surface area is 172 Å². The van der Waals surface area contributed by atoms with E-state index in [1.54, 1.807) is 7.11 Å². The van der Waals surface area contributed by atoms with Gasteiger partial charge in [-0.05, 0) is 64.0 Å². The lowest BCUT2D eigenvalue weighted by Gasteiger charge is -2.31. The Bertz CT molecular complexity index is 458. The molecule has 1 saturated carbocycles. The molecule has 0 amide bonds. The van der Waals surface area contributed by atoms with Crippen molar-refractivity contribution in [3.05, 3.63) is 0 Å². The van der Waals surface area contributed by atoms with E-state index in [-0.39, 0.29) is 0 Å². The Hall–Kier alpha value is -0.850. The number of piperidine rings is 1. The van der Waals surface area contributed by atoms with Crippen LogP contribution < -0.4 is 10.6 Å². The molecule has 0 aromatic rings. The molecule has 6 heteroatoms. The molecule has 2 saturated heterocycles. The molecule has 3 aliphatic rings. The lowest BCUT2D eigenvalue weighted by Crippen LogP contribution is -2.45. The summed E-state index contributed by atoms with van der Waals surface area (Å²) in [5.41, 5.74) is 0. The summed E-state index contributed by atoms with van der Waals surface area (Å²) in [6.45, 7) is 12.1. The van der Waals surface area contributed by atoms with E-state index in [4.69, 9.17) is 9.73 Å². The Morgan fingerprint density at radius 2 is 1.75 bits per heavy atom. The summed E-state index contributed by atoms with van der Waals surface area (Å²) in [6, 6.07) is 0.551. The maximum Gasteiger partial charge on any atom is 0.191 e. The van der Waals surface area contributed by atoms with Crippen molar-refractivity contribution >= 4 is 5.96 Å². The van der Waals surface area contributed by atoms with Gasteiger partial charge >= 0.3 is 0 Å². The number of ether oxygens (including phenoxy) is 1. The number of hydrogen-bond acceptors (Lipinski definition) is 4. The molecule has 0 bridgehead atoms. The molecule has 0 aromatic heterocycles. The van der Waals surface area contributed by atoms with Gasteiger partial charge in [0.15, 0.2) is 5.96 Å². The summed E-state index contributed by atoms with van der Waals surface area (Å²) in [7, 11) is 1.79. The second-order valence-electron chi connectivity index (χ2n) is 9.04. The SMILES string of the molecule is CCNC(=NCC1CCN(CCOC)CC1)NC1CCN(CC2CCCC2)C1. The Balaban J connectivity index is 1.38. The zero-order valence-corrected chi connectivity index (χ0v) is 18.3. The predicted octanol–water partition coefficient (Wildman–Crippen LogP) is 2.16. The first kappa shape index (κ1) is 21.8. The van der Waals surface area contributed by atoms with Crippen molar-refractivity contribution in [2.45, 2.75) is 57.9 Å². The molecule has 28 heavy (non-hydrogen) atoms. The van der Waals surface area contributed by atoms with Crippen LogP contribution in [0, 0.1) is 11.8 Å². The lowest BCUT2D eigenvalue weighted by atomic mass is 9.97. The minimum absolute atomic E-state index is 0.551. The van der Waals surface area contributed by atoms with Gasteiger partial charge in [-0.3, -0.25) is 4.99 Å². The van der Waals surface area contributed by atoms with Crippen molar-refractivity contribution in [3.8, 4) is 0 Å². The molecule has 2 heterocycles. The molecule has 1 atom stereocenters. The number of methoxy groups -OCH3 is 1. The van der Waals surface area contributed by atoms with Crippen molar-refractivity contribution in [1.29, 1.82) is 0 Å². The van der Waals surface area contributed by atoms with Crippen LogP contribution in [0.15, 0.2) is 4.99 Å². The number of rotatable bonds is 9. The Kier molecular flexibility index (Phi) is 9.35. The van der Waals surface area contributed by atoms with Gasteiger partial charge in [0.1, 0.15) is 0 Å². The second kappa shape index (κ2) is 12.0. The van der Waals surface area contributed by atoms with Gasteiger partial charge in [0.2, 0.25) is 0 Å².